The van der Waals surface area contributed by atoms with Crippen LogP contribution in [0.5, 0.6) is 11.5 Å². The van der Waals surface area contributed by atoms with Gasteiger partial charge in [0, 0.05) is 35.7 Å². The van der Waals surface area contributed by atoms with Crippen molar-refractivity contribution in [1.29, 1.82) is 0 Å². The van der Waals surface area contributed by atoms with Crippen molar-refractivity contribution in [1.82, 2.24) is 0 Å². The summed E-state index contributed by atoms with van der Waals surface area (Å²) >= 11 is 0. The van der Waals surface area contributed by atoms with Crippen LogP contribution in [0, 0.1) is 0 Å². The lowest BCUT2D eigenvalue weighted by Crippen LogP contribution is -2.30. The zero-order valence-corrected chi connectivity index (χ0v) is 23.4. The van der Waals surface area contributed by atoms with Gasteiger partial charge in [-0.2, -0.15) is 0 Å². The molecule has 1 N–H and O–H groups in total. The first-order valence-corrected chi connectivity index (χ1v) is 13.6. The van der Waals surface area contributed by atoms with Crippen molar-refractivity contribution < 1.29 is 14.3 Å². The minimum atomic E-state index is -0.296. The van der Waals surface area contributed by atoms with Crippen LogP contribution in [0.1, 0.15) is 76.6 Å². The number of ether oxygens (including phenoxy) is 2. The lowest BCUT2D eigenvalue weighted by Gasteiger charge is -2.31. The van der Waals surface area contributed by atoms with Crippen molar-refractivity contribution in [2.45, 2.75) is 78.4 Å². The summed E-state index contributed by atoms with van der Waals surface area (Å²) in [5.41, 5.74) is 8.25. The van der Waals surface area contributed by atoms with E-state index in [0.717, 1.165) is 65.3 Å². The molecule has 3 aromatic rings. The molecule has 38 heavy (non-hydrogen) atoms. The van der Waals surface area contributed by atoms with Gasteiger partial charge in [-0.1, -0.05) is 43.7 Å². The number of anilines is 1. The van der Waals surface area contributed by atoms with Gasteiger partial charge in [0.15, 0.2) is 11.5 Å². The molecule has 0 radical (unpaired) electrons. The fraction of sp³-hybridized carbons (Fsp3) is 0.394. The molecule has 2 aliphatic rings. The van der Waals surface area contributed by atoms with Crippen LogP contribution in [-0.2, 0) is 17.6 Å². The third-order valence-corrected chi connectivity index (χ3v) is 7.11. The van der Waals surface area contributed by atoms with Gasteiger partial charge in [-0.25, -0.2) is 0 Å². The summed E-state index contributed by atoms with van der Waals surface area (Å²) in [4.78, 5) is 16.7. The fourth-order valence-corrected chi connectivity index (χ4v) is 5.51. The van der Waals surface area contributed by atoms with E-state index in [1.165, 1.54) is 23.6 Å². The van der Waals surface area contributed by atoms with E-state index in [0.29, 0.717) is 6.61 Å². The minimum Gasteiger partial charge on any atom is -0.490 e. The van der Waals surface area contributed by atoms with E-state index in [1.807, 2.05) is 24.3 Å². The number of carbonyl (C=O) groups excluding carboxylic acids is 1. The number of nitrogens with one attached hydrogen (secondary N) is 1. The molecule has 0 spiro atoms. The Balaban J connectivity index is 1.59. The molecule has 0 fully saturated rings. The maximum atomic E-state index is 11.4. The molecule has 0 aliphatic carbocycles. The maximum absolute atomic E-state index is 11.4. The number of carbonyl (C=O) groups is 1. The number of nitrogens with zero attached hydrogens (tertiary/aromatic N) is 1. The molecule has 0 aromatic heterocycles. The largest absolute Gasteiger partial charge is 0.490 e. The van der Waals surface area contributed by atoms with Crippen molar-refractivity contribution in [3.05, 3.63) is 76.9 Å². The van der Waals surface area contributed by atoms with Gasteiger partial charge < -0.3 is 14.8 Å². The summed E-state index contributed by atoms with van der Waals surface area (Å²) in [7, 11) is 0. The number of amides is 1. The topological polar surface area (TPSA) is 59.9 Å². The third kappa shape index (κ3) is 5.33. The minimum absolute atomic E-state index is 0.0741. The number of rotatable bonds is 7. The highest BCUT2D eigenvalue weighted by Gasteiger charge is 2.39. The lowest BCUT2D eigenvalue weighted by molar-refractivity contribution is -0.114. The Bertz CT molecular complexity index is 1400. The van der Waals surface area contributed by atoms with Crippen molar-refractivity contribution in [3.63, 3.8) is 0 Å². The summed E-state index contributed by atoms with van der Waals surface area (Å²) in [6, 6.07) is 18.7. The predicted molar refractivity (Wildman–Crippen MR) is 155 cm³/mol. The highest BCUT2D eigenvalue weighted by molar-refractivity contribution is 6.16. The van der Waals surface area contributed by atoms with Crippen molar-refractivity contribution >= 4 is 17.3 Å². The molecule has 1 amide bonds. The van der Waals surface area contributed by atoms with E-state index >= 15 is 0 Å². The van der Waals surface area contributed by atoms with Gasteiger partial charge in [-0.05, 0) is 81.5 Å². The Morgan fingerprint density at radius 2 is 1.74 bits per heavy atom. The summed E-state index contributed by atoms with van der Waals surface area (Å²) in [5.74, 6) is 1.67. The predicted octanol–water partition coefficient (Wildman–Crippen LogP) is 7.38. The van der Waals surface area contributed by atoms with Gasteiger partial charge in [0.25, 0.3) is 0 Å². The second-order valence-electron chi connectivity index (χ2n) is 11.7. The molecular weight excluding hydrogens is 472 g/mol. The average Bonchev–Trinajstić information content (AvgIpc) is 3.18. The summed E-state index contributed by atoms with van der Waals surface area (Å²) < 4.78 is 12.8. The Kier molecular flexibility index (Phi) is 6.81. The second kappa shape index (κ2) is 9.94. The maximum Gasteiger partial charge on any atom is 0.221 e. The molecule has 0 bridgehead atoms. The Morgan fingerprint density at radius 3 is 2.45 bits per heavy atom. The lowest BCUT2D eigenvalue weighted by atomic mass is 9.80. The van der Waals surface area contributed by atoms with Crippen molar-refractivity contribution in [3.8, 4) is 22.6 Å². The Hall–Kier alpha value is -3.60. The molecule has 2 aliphatic heterocycles. The molecule has 0 atom stereocenters. The number of benzene rings is 3. The van der Waals surface area contributed by atoms with Gasteiger partial charge in [0.05, 0.1) is 17.9 Å². The zero-order chi connectivity index (χ0) is 27.1. The van der Waals surface area contributed by atoms with Crippen LogP contribution in [0.2, 0.25) is 0 Å². The molecule has 5 heteroatoms. The molecule has 0 saturated carbocycles. The first-order valence-electron chi connectivity index (χ1n) is 13.6. The molecule has 5 rings (SSSR count). The van der Waals surface area contributed by atoms with Crippen LogP contribution in [-0.4, -0.2) is 29.4 Å². The summed E-state index contributed by atoms with van der Waals surface area (Å²) in [6.45, 7) is 13.1. The number of hydrogen-bond acceptors (Lipinski definition) is 4. The van der Waals surface area contributed by atoms with Crippen LogP contribution < -0.4 is 14.8 Å². The Labute approximate surface area is 226 Å². The fourth-order valence-electron chi connectivity index (χ4n) is 5.51. The van der Waals surface area contributed by atoms with Gasteiger partial charge in [-0.3, -0.25) is 9.79 Å². The number of hydrogen-bond donors (Lipinski definition) is 1. The molecule has 0 unspecified atom stereocenters. The molecule has 2 heterocycles. The van der Waals surface area contributed by atoms with E-state index in [1.54, 1.807) is 0 Å². The monoisotopic (exact) mass is 510 g/mol. The molecule has 5 nitrogen and oxygen atoms in total. The second-order valence-corrected chi connectivity index (χ2v) is 11.7. The quantitative estimate of drug-likeness (QED) is 0.338. The van der Waals surface area contributed by atoms with Gasteiger partial charge >= 0.3 is 0 Å². The molecule has 198 valence electrons. The van der Waals surface area contributed by atoms with E-state index in [2.05, 4.69) is 70.3 Å². The van der Waals surface area contributed by atoms with E-state index in [9.17, 15) is 4.79 Å². The average molecular weight is 511 g/mol. The SMILES string of the molecule is CCCCOc1cc2c(c3c1OC(C)(C)C3)C(c1cccc(-c3ccc(NC(C)=O)cc3)c1)=NC(C)(C)C2. The molecule has 3 aromatic carbocycles. The van der Waals surface area contributed by atoms with Crippen LogP contribution in [0.3, 0.4) is 0 Å². The van der Waals surface area contributed by atoms with E-state index in [4.69, 9.17) is 14.5 Å². The van der Waals surface area contributed by atoms with E-state index in [-0.39, 0.29) is 17.0 Å². The molecule has 0 saturated heterocycles. The van der Waals surface area contributed by atoms with Gasteiger partial charge in [-0.15, -0.1) is 0 Å². The normalized spacial score (nSPS) is 16.6. The van der Waals surface area contributed by atoms with Gasteiger partial charge in [0.1, 0.15) is 5.60 Å². The van der Waals surface area contributed by atoms with Crippen LogP contribution in [0.15, 0.2) is 59.6 Å². The first-order chi connectivity index (χ1) is 18.0. The standard InChI is InChI=1S/C33H38N2O3/c1-7-8-16-37-28-18-25-19-32(3,4)35-30(29(25)27-20-33(5,6)38-31(27)28)24-11-9-10-23(17-24)22-12-14-26(15-13-22)34-21(2)36/h9-15,17-18H,7-8,16,19-20H2,1-6H3,(H,34,36). The van der Waals surface area contributed by atoms with Crippen LogP contribution >= 0.6 is 0 Å². The smallest absolute Gasteiger partial charge is 0.221 e. The van der Waals surface area contributed by atoms with Gasteiger partial charge in [0.2, 0.25) is 5.91 Å². The molecular formula is C33H38N2O3. The summed E-state index contributed by atoms with van der Waals surface area (Å²) in [6.07, 6.45) is 3.79. The number of fused-ring (bicyclic) bond motifs is 3. The number of unbranched alkanes of at least 4 members (excludes halogenated alkanes) is 1. The zero-order valence-electron chi connectivity index (χ0n) is 23.4. The van der Waals surface area contributed by atoms with E-state index < -0.39 is 0 Å². The van der Waals surface area contributed by atoms with Crippen molar-refractivity contribution in [2.24, 2.45) is 4.99 Å². The van der Waals surface area contributed by atoms with Crippen LogP contribution in [0.4, 0.5) is 5.69 Å². The first kappa shape index (κ1) is 26.0. The highest BCUT2D eigenvalue weighted by atomic mass is 16.5. The van der Waals surface area contributed by atoms with Crippen molar-refractivity contribution in [2.75, 3.05) is 11.9 Å². The third-order valence-electron chi connectivity index (χ3n) is 7.11. The Morgan fingerprint density at radius 1 is 1.00 bits per heavy atom. The summed E-state index contributed by atoms with van der Waals surface area (Å²) in [5, 5.41) is 2.84. The highest BCUT2D eigenvalue weighted by Crippen LogP contribution is 2.48. The number of aliphatic imine (C=N–C) groups is 1. The van der Waals surface area contributed by atoms with Crippen LogP contribution in [0.25, 0.3) is 11.1 Å².